The third-order valence-corrected chi connectivity index (χ3v) is 3.38. The predicted molar refractivity (Wildman–Crippen MR) is 69.6 cm³/mol. The van der Waals surface area contributed by atoms with Gasteiger partial charge in [0.1, 0.15) is 23.3 Å². The maximum absolute atomic E-state index is 13.4. The van der Waals surface area contributed by atoms with Gasteiger partial charge in [0.05, 0.1) is 0 Å². The number of benzene rings is 2. The van der Waals surface area contributed by atoms with Gasteiger partial charge in [-0.1, -0.05) is 0 Å². The Morgan fingerprint density at radius 1 is 0.600 bits per heavy atom. The van der Waals surface area contributed by atoms with Crippen LogP contribution in [0.3, 0.4) is 0 Å². The number of halogens is 4. The van der Waals surface area contributed by atoms with E-state index in [9.17, 15) is 17.6 Å². The quantitative estimate of drug-likeness (QED) is 0.719. The van der Waals surface area contributed by atoms with Crippen molar-refractivity contribution in [1.29, 1.82) is 0 Å². The van der Waals surface area contributed by atoms with Crippen molar-refractivity contribution in [2.75, 3.05) is 0 Å². The van der Waals surface area contributed by atoms with Crippen LogP contribution in [0, 0.1) is 37.1 Å². The molecule has 0 amide bonds. The molecule has 0 nitrogen and oxygen atoms in total. The molecule has 0 saturated heterocycles. The summed E-state index contributed by atoms with van der Waals surface area (Å²) < 4.78 is 53.5. The van der Waals surface area contributed by atoms with Crippen LogP contribution < -0.4 is 0 Å². The van der Waals surface area contributed by atoms with Crippen LogP contribution in [0.5, 0.6) is 0 Å². The molecule has 0 aliphatic heterocycles. The lowest BCUT2D eigenvalue weighted by Crippen LogP contribution is -1.99. The molecule has 2 rings (SSSR count). The summed E-state index contributed by atoms with van der Waals surface area (Å²) in [7, 11) is 0. The van der Waals surface area contributed by atoms with Gasteiger partial charge in [0.25, 0.3) is 0 Å². The lowest BCUT2D eigenvalue weighted by molar-refractivity contribution is 0.561. The van der Waals surface area contributed by atoms with E-state index in [1.165, 1.54) is 38.1 Å². The zero-order valence-electron chi connectivity index (χ0n) is 11.2. The fourth-order valence-corrected chi connectivity index (χ4v) is 1.97. The van der Waals surface area contributed by atoms with E-state index in [-0.39, 0.29) is 11.1 Å². The van der Waals surface area contributed by atoms with Crippen LogP contribution in [0.2, 0.25) is 0 Å². The predicted octanol–water partition coefficient (Wildman–Crippen LogP) is 4.65. The highest BCUT2D eigenvalue weighted by molar-refractivity contribution is 5.28. The van der Waals surface area contributed by atoms with E-state index in [2.05, 4.69) is 0 Å². The number of hydrogen-bond donors (Lipinski definition) is 0. The molecule has 0 aromatic heterocycles. The Bertz CT molecular complexity index is 543. The smallest absolute Gasteiger partial charge is 0.129 e. The van der Waals surface area contributed by atoms with Gasteiger partial charge >= 0.3 is 0 Å². The molecule has 4 heteroatoms. The molecule has 0 saturated carbocycles. The maximum Gasteiger partial charge on any atom is 0.129 e. The highest BCUT2D eigenvalue weighted by atomic mass is 19.1. The van der Waals surface area contributed by atoms with Crippen LogP contribution >= 0.6 is 0 Å². The van der Waals surface area contributed by atoms with Gasteiger partial charge in [-0.3, -0.25) is 0 Å². The van der Waals surface area contributed by atoms with Gasteiger partial charge in [-0.2, -0.15) is 0 Å². The third-order valence-electron chi connectivity index (χ3n) is 3.38. The molecule has 0 heterocycles. The summed E-state index contributed by atoms with van der Waals surface area (Å²) in [5.41, 5.74) is 0.876. The zero-order valence-corrected chi connectivity index (χ0v) is 11.2. The average molecular weight is 282 g/mol. The van der Waals surface area contributed by atoms with Gasteiger partial charge in [-0.05, 0) is 62.1 Å². The fraction of sp³-hybridized carbons (Fsp3) is 0.250. The molecule has 0 atom stereocenters. The molecule has 2 aromatic carbocycles. The molecule has 0 bridgehead atoms. The van der Waals surface area contributed by atoms with Crippen molar-refractivity contribution in [2.45, 2.75) is 26.7 Å². The summed E-state index contributed by atoms with van der Waals surface area (Å²) in [6.07, 6.45) is 0.631. The summed E-state index contributed by atoms with van der Waals surface area (Å²) in [5, 5.41) is 0. The minimum absolute atomic E-state index is 0.0267. The van der Waals surface area contributed by atoms with E-state index >= 15 is 0 Å². The molecule has 0 aliphatic carbocycles. The molecule has 0 aliphatic rings. The lowest BCUT2D eigenvalue weighted by atomic mass is 10.0. The molecule has 0 unspecified atom stereocenters. The summed E-state index contributed by atoms with van der Waals surface area (Å²) in [6, 6.07) is 5.00. The Kier molecular flexibility index (Phi) is 4.12. The van der Waals surface area contributed by atoms with E-state index in [1.807, 2.05) is 0 Å². The van der Waals surface area contributed by atoms with Crippen LogP contribution in [-0.4, -0.2) is 0 Å². The number of aryl methyl sites for hydroxylation is 2. The van der Waals surface area contributed by atoms with Gasteiger partial charge in [0.2, 0.25) is 0 Å². The maximum atomic E-state index is 13.4. The van der Waals surface area contributed by atoms with Gasteiger partial charge in [0, 0.05) is 11.1 Å². The topological polar surface area (TPSA) is 0 Å². The summed E-state index contributed by atoms with van der Waals surface area (Å²) >= 11 is 0. The Hall–Kier alpha value is -1.84. The van der Waals surface area contributed by atoms with Crippen molar-refractivity contribution in [3.8, 4) is 0 Å². The first kappa shape index (κ1) is 14.6. The van der Waals surface area contributed by atoms with Crippen molar-refractivity contribution in [1.82, 2.24) is 0 Å². The normalized spacial score (nSPS) is 10.9. The minimum atomic E-state index is -0.610. The molecule has 0 spiro atoms. The van der Waals surface area contributed by atoms with Crippen molar-refractivity contribution >= 4 is 0 Å². The largest absolute Gasteiger partial charge is 0.207 e. The second-order valence-corrected chi connectivity index (χ2v) is 4.87. The third kappa shape index (κ3) is 3.00. The first-order chi connectivity index (χ1) is 9.38. The van der Waals surface area contributed by atoms with Crippen molar-refractivity contribution in [3.05, 3.63) is 69.8 Å². The van der Waals surface area contributed by atoms with Crippen LogP contribution in [0.4, 0.5) is 17.6 Å². The summed E-state index contributed by atoms with van der Waals surface area (Å²) in [4.78, 5) is 0. The Labute approximate surface area is 115 Å². The van der Waals surface area contributed by atoms with E-state index in [0.29, 0.717) is 24.0 Å². The van der Waals surface area contributed by atoms with E-state index < -0.39 is 23.3 Å². The monoisotopic (exact) mass is 282 g/mol. The van der Waals surface area contributed by atoms with E-state index in [4.69, 9.17) is 0 Å². The first-order valence-corrected chi connectivity index (χ1v) is 6.27. The van der Waals surface area contributed by atoms with Crippen LogP contribution in [0.1, 0.15) is 22.3 Å². The van der Waals surface area contributed by atoms with Crippen molar-refractivity contribution in [2.24, 2.45) is 0 Å². The van der Waals surface area contributed by atoms with Gasteiger partial charge in [-0.25, -0.2) is 17.6 Å². The first-order valence-electron chi connectivity index (χ1n) is 6.27. The van der Waals surface area contributed by atoms with Gasteiger partial charge in [0.15, 0.2) is 0 Å². The molecule has 0 fully saturated rings. The lowest BCUT2D eigenvalue weighted by Gasteiger charge is -2.07. The molecule has 2 aromatic rings. The molecule has 20 heavy (non-hydrogen) atoms. The SMILES string of the molecule is Cc1c(F)cc(CCc2cc(F)c(C)c(F)c2)cc1F. The molecular weight excluding hydrogens is 268 g/mol. The molecule has 0 N–H and O–H groups in total. The van der Waals surface area contributed by atoms with Crippen LogP contribution in [-0.2, 0) is 12.8 Å². The van der Waals surface area contributed by atoms with Crippen molar-refractivity contribution < 1.29 is 17.6 Å². The van der Waals surface area contributed by atoms with Crippen LogP contribution in [0.25, 0.3) is 0 Å². The Morgan fingerprint density at radius 2 is 0.850 bits per heavy atom. The van der Waals surface area contributed by atoms with Crippen molar-refractivity contribution in [3.63, 3.8) is 0 Å². The second-order valence-electron chi connectivity index (χ2n) is 4.87. The Morgan fingerprint density at radius 3 is 1.10 bits per heavy atom. The highest BCUT2D eigenvalue weighted by Crippen LogP contribution is 2.18. The summed E-state index contributed by atoms with van der Waals surface area (Å²) in [5.74, 6) is -2.44. The minimum Gasteiger partial charge on any atom is -0.207 e. The van der Waals surface area contributed by atoms with E-state index in [0.717, 1.165) is 0 Å². The molecule has 0 radical (unpaired) electrons. The second kappa shape index (κ2) is 5.65. The molecular formula is C16H14F4. The zero-order chi connectivity index (χ0) is 14.9. The van der Waals surface area contributed by atoms with Gasteiger partial charge < -0.3 is 0 Å². The number of rotatable bonds is 3. The van der Waals surface area contributed by atoms with Gasteiger partial charge in [-0.15, -0.1) is 0 Å². The van der Waals surface area contributed by atoms with E-state index in [1.54, 1.807) is 0 Å². The van der Waals surface area contributed by atoms with Crippen LogP contribution in [0.15, 0.2) is 24.3 Å². The number of hydrogen-bond acceptors (Lipinski definition) is 0. The highest BCUT2D eigenvalue weighted by Gasteiger charge is 2.09. The molecule has 106 valence electrons. The average Bonchev–Trinajstić information content (AvgIpc) is 2.39. The summed E-state index contributed by atoms with van der Waals surface area (Å²) in [6.45, 7) is 2.72. The standard InChI is InChI=1S/C16H14F4/c1-9-13(17)5-11(6-14(9)18)3-4-12-7-15(19)10(2)16(20)8-12/h5-8H,3-4H2,1-2H3. The Balaban J connectivity index is 2.17. The fourth-order valence-electron chi connectivity index (χ4n) is 1.97.